The van der Waals surface area contributed by atoms with Crippen LogP contribution in [0.1, 0.15) is 27.8 Å². The zero-order valence-electron chi connectivity index (χ0n) is 35.7. The summed E-state index contributed by atoms with van der Waals surface area (Å²) in [6, 6.07) is 72.5. The molecular weight excluding hydrogens is 837 g/mol. The molecule has 310 valence electrons. The van der Waals surface area contributed by atoms with Gasteiger partial charge in [-0.1, -0.05) is 121 Å². The Hall–Kier alpha value is -8.70. The maximum absolute atomic E-state index is 10.1. The smallest absolute Gasteiger partial charge is 0.0991 e. The van der Waals surface area contributed by atoms with Crippen LogP contribution in [0.25, 0.3) is 93.9 Å². The van der Waals surface area contributed by atoms with Gasteiger partial charge >= 0.3 is 0 Å². The van der Waals surface area contributed by atoms with E-state index in [0.717, 1.165) is 77.3 Å². The standard InChI is InChI=1S/C60H34N6S/c61-34-36-26-29-53-44(31-36)43-17-5-10-23-52(43)66(53)54-24-11-25-55-57(54)60(45-28-27-37(33-56(45)67-55)64-48-19-6-1-13-39(48)40-14-2-7-20-49(40)64)46-18-12-30-62-58(46)59-47(60)32-38(35-63-59)65-50-21-8-3-15-41(50)42-16-4-9-22-51(42)65/h1-33,35H. The molecule has 1 aliphatic heterocycles. The zero-order chi connectivity index (χ0) is 44.0. The minimum absolute atomic E-state index is 0.638. The molecule has 0 saturated heterocycles. The molecule has 0 N–H and O–H groups in total. The summed E-state index contributed by atoms with van der Waals surface area (Å²) in [5.74, 6) is 0. The molecule has 1 aliphatic carbocycles. The Labute approximate surface area is 388 Å². The van der Waals surface area contributed by atoms with Crippen molar-refractivity contribution in [3.05, 3.63) is 234 Å². The Morgan fingerprint density at radius 1 is 0.418 bits per heavy atom. The van der Waals surface area contributed by atoms with Gasteiger partial charge in [0, 0.05) is 65.1 Å². The molecule has 6 heterocycles. The lowest BCUT2D eigenvalue weighted by molar-refractivity contribution is 0.711. The van der Waals surface area contributed by atoms with Crippen LogP contribution in [0.3, 0.4) is 0 Å². The molecule has 67 heavy (non-hydrogen) atoms. The highest BCUT2D eigenvalue weighted by Crippen LogP contribution is 2.63. The van der Waals surface area contributed by atoms with Gasteiger partial charge in [-0.05, 0) is 96.1 Å². The van der Waals surface area contributed by atoms with E-state index in [4.69, 9.17) is 9.97 Å². The fourth-order valence-electron chi connectivity index (χ4n) is 11.8. The number of hydrogen-bond donors (Lipinski definition) is 0. The fraction of sp³-hybridized carbons (Fsp3) is 0.0167. The minimum Gasteiger partial charge on any atom is -0.309 e. The first-order valence-corrected chi connectivity index (χ1v) is 23.4. The van der Waals surface area contributed by atoms with Crippen LogP contribution in [0.15, 0.2) is 216 Å². The van der Waals surface area contributed by atoms with E-state index in [9.17, 15) is 5.26 Å². The summed E-state index contributed by atoms with van der Waals surface area (Å²) in [6.45, 7) is 0. The average Bonchev–Trinajstić information content (AvgIpc) is 4.10. The maximum atomic E-state index is 10.1. The predicted molar refractivity (Wildman–Crippen MR) is 271 cm³/mol. The quantitative estimate of drug-likeness (QED) is 0.177. The molecule has 5 aromatic heterocycles. The highest BCUT2D eigenvalue weighted by Gasteiger charge is 2.53. The molecule has 2 aliphatic rings. The van der Waals surface area contributed by atoms with Crippen LogP contribution < -0.4 is 0 Å². The monoisotopic (exact) mass is 870 g/mol. The Morgan fingerprint density at radius 2 is 0.985 bits per heavy atom. The normalized spacial score (nSPS) is 14.9. The van der Waals surface area contributed by atoms with Crippen molar-refractivity contribution in [1.82, 2.24) is 23.7 Å². The molecule has 0 radical (unpaired) electrons. The Balaban J connectivity index is 1.08. The summed E-state index contributed by atoms with van der Waals surface area (Å²) in [5.41, 5.74) is 16.0. The molecule has 1 atom stereocenters. The highest BCUT2D eigenvalue weighted by molar-refractivity contribution is 7.99. The van der Waals surface area contributed by atoms with Crippen molar-refractivity contribution >= 4 is 77.2 Å². The van der Waals surface area contributed by atoms with Gasteiger partial charge in [-0.3, -0.25) is 9.97 Å². The molecule has 1 unspecified atom stereocenters. The third-order valence-electron chi connectivity index (χ3n) is 14.4. The summed E-state index contributed by atoms with van der Waals surface area (Å²) in [5, 5.41) is 17.1. The van der Waals surface area contributed by atoms with E-state index in [1.54, 1.807) is 0 Å². The topological polar surface area (TPSA) is 64.4 Å². The first-order valence-electron chi connectivity index (χ1n) is 22.5. The summed E-state index contributed by atoms with van der Waals surface area (Å²) in [6.07, 6.45) is 3.94. The lowest BCUT2D eigenvalue weighted by atomic mass is 9.67. The number of nitrogens with zero attached hydrogens (tertiary/aromatic N) is 6. The number of para-hydroxylation sites is 5. The van der Waals surface area contributed by atoms with Crippen LogP contribution in [-0.2, 0) is 5.41 Å². The van der Waals surface area contributed by atoms with Gasteiger partial charge in [0.25, 0.3) is 0 Å². The second-order valence-corrected chi connectivity index (χ2v) is 18.7. The number of benzene rings is 8. The highest BCUT2D eigenvalue weighted by atomic mass is 32.2. The number of rotatable bonds is 3. The fourth-order valence-corrected chi connectivity index (χ4v) is 13.1. The summed E-state index contributed by atoms with van der Waals surface area (Å²) >= 11 is 1.83. The van der Waals surface area contributed by atoms with Crippen molar-refractivity contribution < 1.29 is 0 Å². The van der Waals surface area contributed by atoms with E-state index in [1.807, 2.05) is 36.3 Å². The number of nitriles is 1. The number of aromatic nitrogens is 5. The van der Waals surface area contributed by atoms with Crippen LogP contribution in [0, 0.1) is 11.3 Å². The van der Waals surface area contributed by atoms with Gasteiger partial charge in [-0.15, -0.1) is 0 Å². The molecular formula is C60H34N6S. The number of pyridine rings is 2. The second kappa shape index (κ2) is 13.4. The summed E-state index contributed by atoms with van der Waals surface area (Å²) in [7, 11) is 0. The molecule has 8 aromatic carbocycles. The van der Waals surface area contributed by atoms with E-state index in [1.165, 1.54) is 48.6 Å². The van der Waals surface area contributed by atoms with Crippen LogP contribution in [-0.4, -0.2) is 23.7 Å². The largest absolute Gasteiger partial charge is 0.309 e. The van der Waals surface area contributed by atoms with E-state index in [0.29, 0.717) is 5.56 Å². The Morgan fingerprint density at radius 3 is 1.63 bits per heavy atom. The third-order valence-corrected chi connectivity index (χ3v) is 15.5. The van der Waals surface area contributed by atoms with Gasteiger partial charge in [-0.2, -0.15) is 5.26 Å². The number of fused-ring (bicyclic) bond motifs is 18. The first kappa shape index (κ1) is 36.6. The maximum Gasteiger partial charge on any atom is 0.0991 e. The zero-order valence-corrected chi connectivity index (χ0v) is 36.5. The molecule has 7 heteroatoms. The Bertz CT molecular complexity index is 4250. The molecule has 0 fully saturated rings. The van der Waals surface area contributed by atoms with Crippen LogP contribution in [0.4, 0.5) is 0 Å². The molecule has 0 bridgehead atoms. The Kier molecular flexibility index (Phi) is 7.34. The van der Waals surface area contributed by atoms with Crippen molar-refractivity contribution in [2.45, 2.75) is 15.2 Å². The average molecular weight is 871 g/mol. The van der Waals surface area contributed by atoms with Crippen molar-refractivity contribution in [2.75, 3.05) is 0 Å². The van der Waals surface area contributed by atoms with E-state index in [-0.39, 0.29) is 0 Å². The molecule has 0 amide bonds. The van der Waals surface area contributed by atoms with Gasteiger partial charge in [-0.25, -0.2) is 0 Å². The third kappa shape index (κ3) is 4.74. The van der Waals surface area contributed by atoms with Crippen LogP contribution >= 0.6 is 11.8 Å². The molecule has 15 rings (SSSR count). The molecule has 1 spiro atoms. The molecule has 13 aromatic rings. The van der Waals surface area contributed by atoms with E-state index < -0.39 is 5.41 Å². The van der Waals surface area contributed by atoms with Gasteiger partial charge < -0.3 is 13.7 Å². The summed E-state index contributed by atoms with van der Waals surface area (Å²) in [4.78, 5) is 13.0. The number of hydrogen-bond acceptors (Lipinski definition) is 4. The van der Waals surface area contributed by atoms with Crippen molar-refractivity contribution in [3.63, 3.8) is 0 Å². The first-order chi connectivity index (χ1) is 33.2. The van der Waals surface area contributed by atoms with Gasteiger partial charge in [0.1, 0.15) is 0 Å². The van der Waals surface area contributed by atoms with E-state index in [2.05, 4.69) is 202 Å². The van der Waals surface area contributed by atoms with Gasteiger partial charge in [0.2, 0.25) is 0 Å². The van der Waals surface area contributed by atoms with Crippen LogP contribution in [0.5, 0.6) is 0 Å². The van der Waals surface area contributed by atoms with E-state index >= 15 is 0 Å². The summed E-state index contributed by atoms with van der Waals surface area (Å²) < 4.78 is 7.21. The SMILES string of the molecule is N#Cc1ccc2c(c1)c1ccccc1n2-c1cccc2c1C1(c3ccc(-n4c5ccccc5c5ccccc54)cc3S2)c2cccnc2-c2ncc(-n3c4ccccc4c4ccccc43)cc21. The van der Waals surface area contributed by atoms with Gasteiger partial charge in [0.15, 0.2) is 0 Å². The predicted octanol–water partition coefficient (Wildman–Crippen LogP) is 14.5. The lowest BCUT2D eigenvalue weighted by Gasteiger charge is -2.41. The second-order valence-electron chi connectivity index (χ2n) is 17.6. The van der Waals surface area contributed by atoms with Gasteiger partial charge in [0.05, 0.1) is 79.1 Å². The van der Waals surface area contributed by atoms with Crippen molar-refractivity contribution in [1.29, 1.82) is 5.26 Å². The molecule has 0 saturated carbocycles. The van der Waals surface area contributed by atoms with Crippen molar-refractivity contribution in [3.8, 4) is 34.5 Å². The van der Waals surface area contributed by atoms with Crippen LogP contribution in [0.2, 0.25) is 0 Å². The lowest BCUT2D eigenvalue weighted by Crippen LogP contribution is -2.33. The molecule has 6 nitrogen and oxygen atoms in total. The van der Waals surface area contributed by atoms with Crippen molar-refractivity contribution in [2.24, 2.45) is 0 Å². The minimum atomic E-state index is -0.850.